The highest BCUT2D eigenvalue weighted by Crippen LogP contribution is 2.18. The van der Waals surface area contributed by atoms with Crippen molar-refractivity contribution in [1.82, 2.24) is 0 Å². The Hall–Kier alpha value is -2.03. The van der Waals surface area contributed by atoms with Crippen LogP contribution in [-0.2, 0) is 6.61 Å². The summed E-state index contributed by atoms with van der Waals surface area (Å²) in [5.41, 5.74) is 0.972. The standard InChI is InChI=1S/C16H17FO2/c1-12(2)19-14-9-7-13(8-10-14)11-18-16-6-4-3-5-15(16)17/h3-10,12H,11H2,1-2H3. The smallest absolute Gasteiger partial charge is 0.165 e. The molecule has 2 aromatic rings. The Morgan fingerprint density at radius 1 is 1.00 bits per heavy atom. The predicted octanol–water partition coefficient (Wildman–Crippen LogP) is 4.19. The van der Waals surface area contributed by atoms with E-state index in [1.165, 1.54) is 6.07 Å². The quantitative estimate of drug-likeness (QED) is 0.802. The van der Waals surface area contributed by atoms with Crippen LogP contribution in [0.1, 0.15) is 19.4 Å². The number of hydrogen-bond donors (Lipinski definition) is 0. The lowest BCUT2D eigenvalue weighted by atomic mass is 10.2. The topological polar surface area (TPSA) is 18.5 Å². The van der Waals surface area contributed by atoms with Gasteiger partial charge < -0.3 is 9.47 Å². The maximum Gasteiger partial charge on any atom is 0.165 e. The predicted molar refractivity (Wildman–Crippen MR) is 72.9 cm³/mol. The van der Waals surface area contributed by atoms with Crippen LogP contribution >= 0.6 is 0 Å². The minimum Gasteiger partial charge on any atom is -0.491 e. The number of hydrogen-bond acceptors (Lipinski definition) is 2. The van der Waals surface area contributed by atoms with Crippen LogP contribution in [0.2, 0.25) is 0 Å². The molecule has 100 valence electrons. The molecule has 3 heteroatoms. The van der Waals surface area contributed by atoms with Crippen LogP contribution in [0, 0.1) is 5.82 Å². The van der Waals surface area contributed by atoms with Crippen molar-refractivity contribution in [2.45, 2.75) is 26.6 Å². The highest BCUT2D eigenvalue weighted by molar-refractivity contribution is 5.28. The molecule has 2 nitrogen and oxygen atoms in total. The zero-order valence-corrected chi connectivity index (χ0v) is 11.1. The van der Waals surface area contributed by atoms with Crippen molar-refractivity contribution in [1.29, 1.82) is 0 Å². The van der Waals surface area contributed by atoms with Crippen molar-refractivity contribution >= 4 is 0 Å². The first-order chi connectivity index (χ1) is 9.15. The SMILES string of the molecule is CC(C)Oc1ccc(COc2ccccc2F)cc1. The Morgan fingerprint density at radius 3 is 2.32 bits per heavy atom. The lowest BCUT2D eigenvalue weighted by Gasteiger charge is -2.11. The first kappa shape index (κ1) is 13.4. The molecule has 0 saturated heterocycles. The van der Waals surface area contributed by atoms with Crippen LogP contribution in [0.15, 0.2) is 48.5 Å². The molecule has 0 aliphatic heterocycles. The molecule has 2 aromatic carbocycles. The van der Waals surface area contributed by atoms with Gasteiger partial charge in [0.2, 0.25) is 0 Å². The fraction of sp³-hybridized carbons (Fsp3) is 0.250. The van der Waals surface area contributed by atoms with E-state index < -0.39 is 0 Å². The summed E-state index contributed by atoms with van der Waals surface area (Å²) in [6.07, 6.45) is 0.153. The monoisotopic (exact) mass is 260 g/mol. The number of para-hydroxylation sites is 1. The van der Waals surface area contributed by atoms with Crippen molar-refractivity contribution in [2.75, 3.05) is 0 Å². The molecule has 0 N–H and O–H groups in total. The third-order valence-electron chi connectivity index (χ3n) is 2.53. The van der Waals surface area contributed by atoms with E-state index >= 15 is 0 Å². The van der Waals surface area contributed by atoms with Crippen LogP contribution in [0.25, 0.3) is 0 Å². The van der Waals surface area contributed by atoms with Gasteiger partial charge in [-0.2, -0.15) is 0 Å². The molecule has 0 saturated carbocycles. The minimum absolute atomic E-state index is 0.153. The molecule has 0 heterocycles. The Morgan fingerprint density at radius 2 is 1.68 bits per heavy atom. The average molecular weight is 260 g/mol. The van der Waals surface area contributed by atoms with Crippen molar-refractivity contribution in [2.24, 2.45) is 0 Å². The second kappa shape index (κ2) is 6.23. The van der Waals surface area contributed by atoms with Crippen molar-refractivity contribution in [3.05, 3.63) is 59.9 Å². The van der Waals surface area contributed by atoms with Gasteiger partial charge in [0.1, 0.15) is 12.4 Å². The average Bonchev–Trinajstić information content (AvgIpc) is 2.39. The van der Waals surface area contributed by atoms with Crippen LogP contribution in [0.4, 0.5) is 4.39 Å². The number of benzene rings is 2. The van der Waals surface area contributed by atoms with Crippen molar-refractivity contribution < 1.29 is 13.9 Å². The molecule has 0 atom stereocenters. The van der Waals surface area contributed by atoms with Crippen LogP contribution in [0.5, 0.6) is 11.5 Å². The van der Waals surface area contributed by atoms with Crippen LogP contribution in [0.3, 0.4) is 0 Å². The van der Waals surface area contributed by atoms with Gasteiger partial charge >= 0.3 is 0 Å². The molecule has 0 fully saturated rings. The van der Waals surface area contributed by atoms with Gasteiger partial charge in [-0.25, -0.2) is 4.39 Å². The highest BCUT2D eigenvalue weighted by atomic mass is 19.1. The summed E-state index contributed by atoms with van der Waals surface area (Å²) in [4.78, 5) is 0. The van der Waals surface area contributed by atoms with Crippen LogP contribution in [-0.4, -0.2) is 6.10 Å². The van der Waals surface area contributed by atoms with E-state index in [9.17, 15) is 4.39 Å². The fourth-order valence-corrected chi connectivity index (χ4v) is 1.66. The molecular weight excluding hydrogens is 243 g/mol. The number of rotatable bonds is 5. The van der Waals surface area contributed by atoms with Gasteiger partial charge in [-0.1, -0.05) is 24.3 Å². The normalized spacial score (nSPS) is 10.5. The zero-order valence-electron chi connectivity index (χ0n) is 11.1. The Kier molecular flexibility index (Phi) is 4.39. The first-order valence-corrected chi connectivity index (χ1v) is 6.28. The third kappa shape index (κ3) is 3.98. The van der Waals surface area contributed by atoms with Gasteiger partial charge in [0.15, 0.2) is 11.6 Å². The molecule has 19 heavy (non-hydrogen) atoms. The van der Waals surface area contributed by atoms with Gasteiger partial charge in [-0.3, -0.25) is 0 Å². The summed E-state index contributed by atoms with van der Waals surface area (Å²) in [7, 11) is 0. The summed E-state index contributed by atoms with van der Waals surface area (Å²) in [5.74, 6) is 0.747. The minimum atomic E-state index is -0.345. The van der Waals surface area contributed by atoms with E-state index in [1.807, 2.05) is 38.1 Å². The summed E-state index contributed by atoms with van der Waals surface area (Å²) >= 11 is 0. The summed E-state index contributed by atoms with van der Waals surface area (Å²) in [6, 6.07) is 14.0. The van der Waals surface area contributed by atoms with E-state index in [0.29, 0.717) is 6.61 Å². The lowest BCUT2D eigenvalue weighted by molar-refractivity contribution is 0.242. The van der Waals surface area contributed by atoms with E-state index in [4.69, 9.17) is 9.47 Å². The van der Waals surface area contributed by atoms with E-state index in [0.717, 1.165) is 11.3 Å². The second-order valence-corrected chi connectivity index (χ2v) is 4.53. The third-order valence-corrected chi connectivity index (χ3v) is 2.53. The molecule has 0 aliphatic rings. The zero-order chi connectivity index (χ0) is 13.7. The molecule has 0 radical (unpaired) electrons. The van der Waals surface area contributed by atoms with Gasteiger partial charge in [0.25, 0.3) is 0 Å². The first-order valence-electron chi connectivity index (χ1n) is 6.28. The van der Waals surface area contributed by atoms with Gasteiger partial charge in [-0.15, -0.1) is 0 Å². The molecule has 0 spiro atoms. The van der Waals surface area contributed by atoms with E-state index in [-0.39, 0.29) is 17.7 Å². The maximum absolute atomic E-state index is 13.4. The van der Waals surface area contributed by atoms with Gasteiger partial charge in [0, 0.05) is 0 Å². The Balaban J connectivity index is 1.95. The van der Waals surface area contributed by atoms with Gasteiger partial charge in [0.05, 0.1) is 6.10 Å². The molecule has 2 rings (SSSR count). The summed E-state index contributed by atoms with van der Waals surface area (Å²) in [5, 5.41) is 0. The summed E-state index contributed by atoms with van der Waals surface area (Å²) in [6.45, 7) is 4.30. The lowest BCUT2D eigenvalue weighted by Crippen LogP contribution is -2.05. The second-order valence-electron chi connectivity index (χ2n) is 4.53. The van der Waals surface area contributed by atoms with Crippen molar-refractivity contribution in [3.63, 3.8) is 0 Å². The molecule has 0 bridgehead atoms. The number of halogens is 1. The van der Waals surface area contributed by atoms with Gasteiger partial charge in [-0.05, 0) is 43.7 Å². The fourth-order valence-electron chi connectivity index (χ4n) is 1.66. The highest BCUT2D eigenvalue weighted by Gasteiger charge is 2.02. The molecule has 0 aromatic heterocycles. The molecule has 0 amide bonds. The van der Waals surface area contributed by atoms with Crippen molar-refractivity contribution in [3.8, 4) is 11.5 Å². The van der Waals surface area contributed by atoms with E-state index in [2.05, 4.69) is 0 Å². The summed E-state index contributed by atoms with van der Waals surface area (Å²) < 4.78 is 24.3. The molecule has 0 aliphatic carbocycles. The molecular formula is C16H17FO2. The largest absolute Gasteiger partial charge is 0.491 e. The maximum atomic E-state index is 13.4. The molecule has 0 unspecified atom stereocenters. The van der Waals surface area contributed by atoms with E-state index in [1.54, 1.807) is 18.2 Å². The van der Waals surface area contributed by atoms with Crippen LogP contribution < -0.4 is 9.47 Å². The Bertz CT molecular complexity index is 521. The number of ether oxygens (including phenoxy) is 2. The Labute approximate surface area is 112 Å².